The van der Waals surface area contributed by atoms with Crippen LogP contribution in [-0.2, 0) is 11.3 Å². The smallest absolute Gasteiger partial charge is 0.180 e. The Kier molecular flexibility index (Phi) is 3.13. The summed E-state index contributed by atoms with van der Waals surface area (Å²) in [6.07, 6.45) is 4.15. The Morgan fingerprint density at radius 3 is 3.07 bits per heavy atom. The summed E-state index contributed by atoms with van der Waals surface area (Å²) >= 11 is 5.98. The second-order valence-corrected chi connectivity index (χ2v) is 3.48. The molecule has 0 aliphatic rings. The van der Waals surface area contributed by atoms with Crippen LogP contribution in [0.25, 0.3) is 5.65 Å². The SMILES string of the molecule is CCCOCc1nnc2cncc(Cl)n12. The van der Waals surface area contributed by atoms with E-state index in [1.807, 2.05) is 0 Å². The van der Waals surface area contributed by atoms with Gasteiger partial charge in [0.2, 0.25) is 0 Å². The molecule has 2 aromatic heterocycles. The van der Waals surface area contributed by atoms with Crippen molar-refractivity contribution in [2.24, 2.45) is 0 Å². The summed E-state index contributed by atoms with van der Waals surface area (Å²) in [6.45, 7) is 3.18. The average molecular weight is 227 g/mol. The molecule has 0 bridgehead atoms. The molecule has 2 heterocycles. The third-order valence-electron chi connectivity index (χ3n) is 1.92. The van der Waals surface area contributed by atoms with Gasteiger partial charge >= 0.3 is 0 Å². The molecular weight excluding hydrogens is 216 g/mol. The highest BCUT2D eigenvalue weighted by atomic mass is 35.5. The Balaban J connectivity index is 2.27. The summed E-state index contributed by atoms with van der Waals surface area (Å²) in [7, 11) is 0. The van der Waals surface area contributed by atoms with Gasteiger partial charge in [0, 0.05) is 6.61 Å². The van der Waals surface area contributed by atoms with Crippen molar-refractivity contribution < 1.29 is 4.74 Å². The molecule has 0 aliphatic carbocycles. The predicted octanol–water partition coefficient (Wildman–Crippen LogP) is 1.70. The van der Waals surface area contributed by atoms with E-state index in [1.165, 1.54) is 0 Å². The maximum atomic E-state index is 5.98. The molecule has 0 saturated heterocycles. The van der Waals surface area contributed by atoms with E-state index in [4.69, 9.17) is 16.3 Å². The molecule has 0 spiro atoms. The highest BCUT2D eigenvalue weighted by Gasteiger charge is 2.08. The van der Waals surface area contributed by atoms with Crippen LogP contribution in [0.4, 0.5) is 0 Å². The van der Waals surface area contributed by atoms with E-state index in [2.05, 4.69) is 22.1 Å². The first kappa shape index (κ1) is 10.3. The van der Waals surface area contributed by atoms with E-state index < -0.39 is 0 Å². The molecule has 80 valence electrons. The summed E-state index contributed by atoms with van der Waals surface area (Å²) in [6, 6.07) is 0. The highest BCUT2D eigenvalue weighted by molar-refractivity contribution is 6.29. The molecule has 0 saturated carbocycles. The van der Waals surface area contributed by atoms with Crippen LogP contribution in [0.15, 0.2) is 12.4 Å². The van der Waals surface area contributed by atoms with Crippen molar-refractivity contribution in [2.45, 2.75) is 20.0 Å². The highest BCUT2D eigenvalue weighted by Crippen LogP contribution is 2.12. The van der Waals surface area contributed by atoms with Crippen LogP contribution >= 0.6 is 11.6 Å². The monoisotopic (exact) mass is 226 g/mol. The van der Waals surface area contributed by atoms with Crippen molar-refractivity contribution >= 4 is 17.2 Å². The zero-order chi connectivity index (χ0) is 10.7. The van der Waals surface area contributed by atoms with E-state index >= 15 is 0 Å². The summed E-state index contributed by atoms with van der Waals surface area (Å²) in [5.74, 6) is 0.700. The lowest BCUT2D eigenvalue weighted by Crippen LogP contribution is -2.00. The first-order valence-electron chi connectivity index (χ1n) is 4.74. The Morgan fingerprint density at radius 2 is 2.27 bits per heavy atom. The van der Waals surface area contributed by atoms with Crippen molar-refractivity contribution in [1.29, 1.82) is 0 Å². The Labute approximate surface area is 92.1 Å². The van der Waals surface area contributed by atoms with Crippen LogP contribution in [0.2, 0.25) is 5.15 Å². The molecule has 5 nitrogen and oxygen atoms in total. The van der Waals surface area contributed by atoms with Gasteiger partial charge in [-0.1, -0.05) is 18.5 Å². The predicted molar refractivity (Wildman–Crippen MR) is 55.7 cm³/mol. The summed E-state index contributed by atoms with van der Waals surface area (Å²) in [4.78, 5) is 3.93. The van der Waals surface area contributed by atoms with Crippen LogP contribution < -0.4 is 0 Å². The second-order valence-electron chi connectivity index (χ2n) is 3.09. The minimum atomic E-state index is 0.415. The molecule has 0 aliphatic heterocycles. The van der Waals surface area contributed by atoms with E-state index in [-0.39, 0.29) is 0 Å². The van der Waals surface area contributed by atoms with Crippen LogP contribution in [0.1, 0.15) is 19.2 Å². The average Bonchev–Trinajstić information content (AvgIpc) is 2.63. The molecule has 6 heteroatoms. The minimum Gasteiger partial charge on any atom is -0.373 e. The van der Waals surface area contributed by atoms with Gasteiger partial charge in [0.15, 0.2) is 11.5 Å². The topological polar surface area (TPSA) is 52.3 Å². The Morgan fingerprint density at radius 1 is 1.40 bits per heavy atom. The van der Waals surface area contributed by atoms with Crippen molar-refractivity contribution in [3.8, 4) is 0 Å². The second kappa shape index (κ2) is 4.55. The lowest BCUT2D eigenvalue weighted by atomic mass is 10.5. The Hall–Kier alpha value is -1.20. The lowest BCUT2D eigenvalue weighted by Gasteiger charge is -2.02. The molecule has 2 rings (SSSR count). The molecule has 2 aromatic rings. The first-order valence-corrected chi connectivity index (χ1v) is 5.12. The van der Waals surface area contributed by atoms with E-state index in [0.29, 0.717) is 29.8 Å². The number of rotatable bonds is 4. The van der Waals surface area contributed by atoms with Gasteiger partial charge in [-0.25, -0.2) is 0 Å². The number of hydrogen-bond acceptors (Lipinski definition) is 4. The van der Waals surface area contributed by atoms with Gasteiger partial charge in [-0.3, -0.25) is 9.38 Å². The first-order chi connectivity index (χ1) is 7.33. The van der Waals surface area contributed by atoms with Crippen molar-refractivity contribution in [1.82, 2.24) is 19.6 Å². The molecule has 15 heavy (non-hydrogen) atoms. The van der Waals surface area contributed by atoms with Gasteiger partial charge in [-0.2, -0.15) is 0 Å². The van der Waals surface area contributed by atoms with Gasteiger partial charge in [-0.05, 0) is 6.42 Å². The summed E-state index contributed by atoms with van der Waals surface area (Å²) < 4.78 is 7.11. The largest absolute Gasteiger partial charge is 0.373 e. The van der Waals surface area contributed by atoms with Gasteiger partial charge in [-0.15, -0.1) is 10.2 Å². The lowest BCUT2D eigenvalue weighted by molar-refractivity contribution is 0.115. The number of aromatic nitrogens is 4. The summed E-state index contributed by atoms with van der Waals surface area (Å²) in [5, 5.41) is 8.43. The molecule has 0 fully saturated rings. The fourth-order valence-corrected chi connectivity index (χ4v) is 1.51. The van der Waals surface area contributed by atoms with E-state index in [1.54, 1.807) is 16.8 Å². The number of hydrogen-bond donors (Lipinski definition) is 0. The zero-order valence-corrected chi connectivity index (χ0v) is 9.11. The number of nitrogens with zero attached hydrogens (tertiary/aromatic N) is 4. The molecular formula is C9H11ClN4O. The maximum absolute atomic E-state index is 5.98. The zero-order valence-electron chi connectivity index (χ0n) is 8.35. The van der Waals surface area contributed by atoms with Crippen LogP contribution in [0, 0.1) is 0 Å². The number of ether oxygens (including phenoxy) is 1. The number of halogens is 1. The number of fused-ring (bicyclic) bond motifs is 1. The third kappa shape index (κ3) is 2.08. The van der Waals surface area contributed by atoms with Gasteiger partial charge < -0.3 is 4.74 Å². The fraction of sp³-hybridized carbons (Fsp3) is 0.444. The molecule has 0 unspecified atom stereocenters. The standard InChI is InChI=1S/C9H11ClN4O/c1-2-3-15-6-9-13-12-8-5-11-4-7(10)14(8)9/h4-5H,2-3,6H2,1H3. The van der Waals surface area contributed by atoms with Crippen LogP contribution in [0.3, 0.4) is 0 Å². The van der Waals surface area contributed by atoms with E-state index in [0.717, 1.165) is 6.42 Å². The van der Waals surface area contributed by atoms with Crippen molar-refractivity contribution in [3.63, 3.8) is 0 Å². The third-order valence-corrected chi connectivity index (χ3v) is 2.19. The molecule has 0 aromatic carbocycles. The van der Waals surface area contributed by atoms with E-state index in [9.17, 15) is 0 Å². The molecule has 0 amide bonds. The maximum Gasteiger partial charge on any atom is 0.180 e. The fourth-order valence-electron chi connectivity index (χ4n) is 1.27. The summed E-state index contributed by atoms with van der Waals surface area (Å²) in [5.41, 5.74) is 0.637. The van der Waals surface area contributed by atoms with Gasteiger partial charge in [0.05, 0.1) is 12.4 Å². The normalized spacial score (nSPS) is 11.1. The molecule has 0 radical (unpaired) electrons. The van der Waals surface area contributed by atoms with Crippen molar-refractivity contribution in [3.05, 3.63) is 23.4 Å². The Bertz CT molecular complexity index is 456. The van der Waals surface area contributed by atoms with Crippen LogP contribution in [0.5, 0.6) is 0 Å². The van der Waals surface area contributed by atoms with Gasteiger partial charge in [0.25, 0.3) is 0 Å². The molecule has 0 atom stereocenters. The van der Waals surface area contributed by atoms with Gasteiger partial charge in [0.1, 0.15) is 11.8 Å². The quantitative estimate of drug-likeness (QED) is 0.745. The minimum absolute atomic E-state index is 0.415. The molecule has 0 N–H and O–H groups in total. The van der Waals surface area contributed by atoms with Crippen molar-refractivity contribution in [2.75, 3.05) is 6.61 Å². The van der Waals surface area contributed by atoms with Crippen LogP contribution in [-0.4, -0.2) is 26.2 Å².